The Bertz CT molecular complexity index is 86.2. The first-order chi connectivity index (χ1) is 2.94. The van der Waals surface area contributed by atoms with Crippen LogP contribution in [0.2, 0.25) is 0 Å². The molecule has 0 radical (unpaired) electrons. The highest BCUT2D eigenvalue weighted by Crippen LogP contribution is 2.01. The number of carbonyl (C=O) groups is 1. The predicted molar refractivity (Wildman–Crippen MR) is 16.8 cm³/mol. The molecule has 0 bridgehead atoms. The maximum Gasteiger partial charge on any atom is 0.397 e. The standard InChI is InChI=1S/C2H3F2NO2/c3-2(4,5)1(6)7/h5H2,(H,6,7). The number of nitrogens with two attached hydrogens (primary N) is 1. The molecule has 5 heteroatoms. The Kier molecular flexibility index (Phi) is 1.27. The van der Waals surface area contributed by atoms with Crippen LogP contribution in [0.1, 0.15) is 0 Å². The molecule has 0 atom stereocenters. The van der Waals surface area contributed by atoms with E-state index in [9.17, 15) is 8.78 Å². The van der Waals surface area contributed by atoms with E-state index in [1.54, 1.807) is 0 Å². The third-order valence-corrected chi connectivity index (χ3v) is 0.285. The molecule has 42 valence electrons. The maximum atomic E-state index is 11.0. The lowest BCUT2D eigenvalue weighted by Crippen LogP contribution is -2.37. The van der Waals surface area contributed by atoms with E-state index in [-0.39, 0.29) is 0 Å². The van der Waals surface area contributed by atoms with Crippen LogP contribution < -0.4 is 5.73 Å². The summed E-state index contributed by atoms with van der Waals surface area (Å²) < 4.78 is 22.0. The molecule has 0 aliphatic carbocycles. The Balaban J connectivity index is 3.79. The van der Waals surface area contributed by atoms with Crippen LogP contribution in [0.3, 0.4) is 0 Å². The maximum absolute atomic E-state index is 11.0. The summed E-state index contributed by atoms with van der Waals surface area (Å²) in [5, 5.41) is 7.38. The summed E-state index contributed by atoms with van der Waals surface area (Å²) in [7, 11) is 0. The summed E-state index contributed by atoms with van der Waals surface area (Å²) in [6.07, 6.45) is 0. The molecule has 3 N–H and O–H groups in total. The molecule has 0 aromatic heterocycles. The van der Waals surface area contributed by atoms with Gasteiger partial charge in [0.15, 0.2) is 0 Å². The van der Waals surface area contributed by atoms with Gasteiger partial charge in [0.25, 0.3) is 0 Å². The number of hydrogen-bond donors (Lipinski definition) is 2. The second kappa shape index (κ2) is 1.42. The second-order valence-electron chi connectivity index (χ2n) is 0.928. The fraction of sp³-hybridized carbons (Fsp3) is 0.500. The summed E-state index contributed by atoms with van der Waals surface area (Å²) in [6, 6.07) is -4.08. The second-order valence-corrected chi connectivity index (χ2v) is 0.928. The Labute approximate surface area is 37.7 Å². The fourth-order valence-corrected chi connectivity index (χ4v) is 0. The third kappa shape index (κ3) is 2.05. The molecule has 7 heavy (non-hydrogen) atoms. The van der Waals surface area contributed by atoms with Crippen LogP contribution in [0.5, 0.6) is 0 Å². The van der Waals surface area contributed by atoms with Gasteiger partial charge in [-0.2, -0.15) is 8.78 Å². The highest BCUT2D eigenvalue weighted by Gasteiger charge is 2.32. The molecule has 0 saturated heterocycles. The number of carboxylic acids is 1. The van der Waals surface area contributed by atoms with Gasteiger partial charge < -0.3 is 5.11 Å². The summed E-state index contributed by atoms with van der Waals surface area (Å²) in [6.45, 7) is 0. The van der Waals surface area contributed by atoms with Crippen molar-refractivity contribution < 1.29 is 18.7 Å². The van der Waals surface area contributed by atoms with Gasteiger partial charge >= 0.3 is 12.0 Å². The van der Waals surface area contributed by atoms with Gasteiger partial charge in [-0.1, -0.05) is 0 Å². The average molecular weight is 111 g/mol. The number of aliphatic carboxylic acids is 1. The number of halogens is 2. The Morgan fingerprint density at radius 3 is 1.86 bits per heavy atom. The zero-order chi connectivity index (χ0) is 6.08. The number of carboxylic acid groups (broad SMARTS) is 1. The minimum absolute atomic E-state index is 2.31. The van der Waals surface area contributed by atoms with Gasteiger partial charge in [0.05, 0.1) is 0 Å². The van der Waals surface area contributed by atoms with E-state index in [0.29, 0.717) is 0 Å². The molecule has 0 saturated carbocycles. The molecule has 0 fully saturated rings. The number of alkyl halides is 2. The molecular formula is C2H3F2NO2. The first kappa shape index (κ1) is 6.29. The smallest absolute Gasteiger partial charge is 0.397 e. The molecule has 0 aromatic rings. The van der Waals surface area contributed by atoms with Crippen molar-refractivity contribution in [2.24, 2.45) is 5.73 Å². The Morgan fingerprint density at radius 2 is 1.86 bits per heavy atom. The summed E-state index contributed by atoms with van der Waals surface area (Å²) in [5.41, 5.74) is 3.75. The van der Waals surface area contributed by atoms with Gasteiger partial charge in [0, 0.05) is 0 Å². The fourth-order valence-electron chi connectivity index (χ4n) is 0. The van der Waals surface area contributed by atoms with E-state index >= 15 is 0 Å². The molecule has 0 heterocycles. The first-order valence-electron chi connectivity index (χ1n) is 1.34. The summed E-state index contributed by atoms with van der Waals surface area (Å²) in [5.74, 6) is -2.31. The quantitative estimate of drug-likeness (QED) is 0.453. The molecule has 0 aromatic carbocycles. The zero-order valence-electron chi connectivity index (χ0n) is 3.19. The van der Waals surface area contributed by atoms with Crippen molar-refractivity contribution >= 4 is 5.97 Å². The monoisotopic (exact) mass is 111 g/mol. The van der Waals surface area contributed by atoms with Crippen LogP contribution in [0.15, 0.2) is 0 Å². The van der Waals surface area contributed by atoms with Crippen LogP contribution in [0, 0.1) is 0 Å². The molecular weight excluding hydrogens is 108 g/mol. The van der Waals surface area contributed by atoms with Crippen LogP contribution in [0.4, 0.5) is 8.78 Å². The highest BCUT2D eigenvalue weighted by molar-refractivity contribution is 5.74. The molecule has 0 aliphatic heterocycles. The lowest BCUT2D eigenvalue weighted by Gasteiger charge is -1.99. The molecule has 3 nitrogen and oxygen atoms in total. The van der Waals surface area contributed by atoms with Crippen molar-refractivity contribution in [3.05, 3.63) is 0 Å². The summed E-state index contributed by atoms with van der Waals surface area (Å²) in [4.78, 5) is 9.15. The molecule has 0 spiro atoms. The van der Waals surface area contributed by atoms with Crippen molar-refractivity contribution in [3.8, 4) is 0 Å². The normalized spacial score (nSPS) is 11.3. The molecule has 0 aliphatic rings. The minimum atomic E-state index is -4.08. The number of rotatable bonds is 1. The number of hydrogen-bond acceptors (Lipinski definition) is 2. The van der Waals surface area contributed by atoms with Gasteiger partial charge in [-0.25, -0.2) is 4.79 Å². The molecule has 0 rings (SSSR count). The van der Waals surface area contributed by atoms with E-state index in [0.717, 1.165) is 0 Å². The van der Waals surface area contributed by atoms with Crippen molar-refractivity contribution in [1.29, 1.82) is 0 Å². The van der Waals surface area contributed by atoms with Crippen LogP contribution in [-0.2, 0) is 4.79 Å². The predicted octanol–water partition coefficient (Wildman–Crippen LogP) is -0.378. The van der Waals surface area contributed by atoms with E-state index in [1.165, 1.54) is 0 Å². The largest absolute Gasteiger partial charge is 0.476 e. The zero-order valence-corrected chi connectivity index (χ0v) is 3.19. The highest BCUT2D eigenvalue weighted by atomic mass is 19.3. The Morgan fingerprint density at radius 1 is 1.71 bits per heavy atom. The van der Waals surface area contributed by atoms with Gasteiger partial charge in [0.2, 0.25) is 0 Å². The topological polar surface area (TPSA) is 63.3 Å². The van der Waals surface area contributed by atoms with Gasteiger partial charge in [-0.3, -0.25) is 5.73 Å². The molecule has 0 unspecified atom stereocenters. The van der Waals surface area contributed by atoms with Crippen molar-refractivity contribution in [2.45, 2.75) is 6.05 Å². The SMILES string of the molecule is NC(F)(F)C(=O)O. The first-order valence-corrected chi connectivity index (χ1v) is 1.34. The average Bonchev–Trinajstić information content (AvgIpc) is 1.31. The van der Waals surface area contributed by atoms with E-state index in [4.69, 9.17) is 9.90 Å². The van der Waals surface area contributed by atoms with Crippen molar-refractivity contribution in [1.82, 2.24) is 0 Å². The van der Waals surface area contributed by atoms with Crippen LogP contribution >= 0.6 is 0 Å². The van der Waals surface area contributed by atoms with E-state index in [2.05, 4.69) is 5.73 Å². The van der Waals surface area contributed by atoms with Crippen LogP contribution in [0.25, 0.3) is 0 Å². The van der Waals surface area contributed by atoms with E-state index < -0.39 is 12.0 Å². The van der Waals surface area contributed by atoms with Gasteiger partial charge in [-0.05, 0) is 0 Å². The van der Waals surface area contributed by atoms with Crippen LogP contribution in [-0.4, -0.2) is 17.1 Å². The van der Waals surface area contributed by atoms with E-state index in [1.807, 2.05) is 0 Å². The lowest BCUT2D eigenvalue weighted by atomic mass is 10.6. The van der Waals surface area contributed by atoms with Crippen molar-refractivity contribution in [3.63, 3.8) is 0 Å². The molecule has 0 amide bonds. The lowest BCUT2D eigenvalue weighted by molar-refractivity contribution is -0.163. The van der Waals surface area contributed by atoms with Crippen molar-refractivity contribution in [2.75, 3.05) is 0 Å². The van der Waals surface area contributed by atoms with Gasteiger partial charge in [-0.15, -0.1) is 0 Å². The van der Waals surface area contributed by atoms with Gasteiger partial charge in [0.1, 0.15) is 0 Å². The minimum Gasteiger partial charge on any atom is -0.476 e. The summed E-state index contributed by atoms with van der Waals surface area (Å²) >= 11 is 0. The Hall–Kier alpha value is -0.710. The third-order valence-electron chi connectivity index (χ3n) is 0.285.